The molecule has 1 amide bonds. The summed E-state index contributed by atoms with van der Waals surface area (Å²) < 4.78 is 0. The molecule has 4 heteroatoms. The third kappa shape index (κ3) is 3.32. The summed E-state index contributed by atoms with van der Waals surface area (Å²) in [6.07, 6.45) is 0. The van der Waals surface area contributed by atoms with Crippen molar-refractivity contribution in [3.8, 4) is 11.1 Å². The largest absolute Gasteiger partial charge is 0.336 e. The maximum absolute atomic E-state index is 12.7. The van der Waals surface area contributed by atoms with Gasteiger partial charge in [0.15, 0.2) is 0 Å². The van der Waals surface area contributed by atoms with Gasteiger partial charge in [0.1, 0.15) is 0 Å². The molecule has 114 valence electrons. The van der Waals surface area contributed by atoms with Crippen LogP contribution in [0.4, 0.5) is 0 Å². The molecule has 0 unspecified atom stereocenters. The van der Waals surface area contributed by atoms with Crippen LogP contribution < -0.4 is 0 Å². The van der Waals surface area contributed by atoms with Gasteiger partial charge >= 0.3 is 0 Å². The predicted octanol–water partition coefficient (Wildman–Crippen LogP) is 3.39. The highest BCUT2D eigenvalue weighted by molar-refractivity contribution is 6.31. The molecule has 22 heavy (non-hydrogen) atoms. The van der Waals surface area contributed by atoms with E-state index in [1.165, 1.54) is 0 Å². The number of rotatable bonds is 2. The average molecular weight is 315 g/mol. The van der Waals surface area contributed by atoms with Crippen LogP contribution in [0.2, 0.25) is 5.02 Å². The smallest absolute Gasteiger partial charge is 0.254 e. The number of benzene rings is 2. The molecule has 0 aromatic heterocycles. The van der Waals surface area contributed by atoms with Crippen LogP contribution in [0.15, 0.2) is 48.5 Å². The highest BCUT2D eigenvalue weighted by Gasteiger charge is 2.21. The Morgan fingerprint density at radius 1 is 0.955 bits per heavy atom. The van der Waals surface area contributed by atoms with Crippen LogP contribution >= 0.6 is 11.6 Å². The van der Waals surface area contributed by atoms with E-state index in [1.807, 2.05) is 47.4 Å². The minimum absolute atomic E-state index is 0.0628. The van der Waals surface area contributed by atoms with Crippen molar-refractivity contribution in [2.75, 3.05) is 33.2 Å². The van der Waals surface area contributed by atoms with Gasteiger partial charge < -0.3 is 9.80 Å². The van der Waals surface area contributed by atoms with Gasteiger partial charge in [-0.2, -0.15) is 0 Å². The molecule has 0 bridgehead atoms. The molecule has 1 aliphatic heterocycles. The number of hydrogen-bond acceptors (Lipinski definition) is 2. The van der Waals surface area contributed by atoms with E-state index in [0.29, 0.717) is 10.6 Å². The Kier molecular flexibility index (Phi) is 4.46. The quantitative estimate of drug-likeness (QED) is 0.848. The van der Waals surface area contributed by atoms with Crippen LogP contribution in [-0.4, -0.2) is 48.9 Å². The zero-order valence-electron chi connectivity index (χ0n) is 12.6. The second kappa shape index (κ2) is 6.51. The molecule has 2 aromatic rings. The molecule has 3 nitrogen and oxygen atoms in total. The van der Waals surface area contributed by atoms with Crippen molar-refractivity contribution in [1.82, 2.24) is 9.80 Å². The minimum Gasteiger partial charge on any atom is -0.336 e. The van der Waals surface area contributed by atoms with Gasteiger partial charge in [-0.1, -0.05) is 41.9 Å². The number of nitrogens with zero attached hydrogens (tertiary/aromatic N) is 2. The van der Waals surface area contributed by atoms with Gasteiger partial charge in [0.25, 0.3) is 5.91 Å². The fourth-order valence-corrected chi connectivity index (χ4v) is 2.94. The van der Waals surface area contributed by atoms with Crippen molar-refractivity contribution in [1.29, 1.82) is 0 Å². The highest BCUT2D eigenvalue weighted by Crippen LogP contribution is 2.25. The van der Waals surface area contributed by atoms with Crippen molar-refractivity contribution in [3.63, 3.8) is 0 Å². The first-order valence-electron chi connectivity index (χ1n) is 7.47. The van der Waals surface area contributed by atoms with Crippen molar-refractivity contribution in [2.24, 2.45) is 0 Å². The van der Waals surface area contributed by atoms with Crippen LogP contribution in [0.25, 0.3) is 11.1 Å². The third-order valence-corrected chi connectivity index (χ3v) is 4.26. The maximum Gasteiger partial charge on any atom is 0.254 e. The lowest BCUT2D eigenvalue weighted by molar-refractivity contribution is 0.0664. The Labute approximate surface area is 136 Å². The predicted molar refractivity (Wildman–Crippen MR) is 90.3 cm³/mol. The van der Waals surface area contributed by atoms with Crippen LogP contribution in [-0.2, 0) is 0 Å². The van der Waals surface area contributed by atoms with E-state index in [0.717, 1.165) is 37.3 Å². The minimum atomic E-state index is 0.0628. The maximum atomic E-state index is 12.7. The molecular weight excluding hydrogens is 296 g/mol. The number of likely N-dealkylation sites (N-methyl/N-ethyl adjacent to an activating group) is 1. The van der Waals surface area contributed by atoms with Gasteiger partial charge in [-0.15, -0.1) is 0 Å². The number of amides is 1. The van der Waals surface area contributed by atoms with Gasteiger partial charge in [-0.25, -0.2) is 0 Å². The summed E-state index contributed by atoms with van der Waals surface area (Å²) in [5.74, 6) is 0.0628. The van der Waals surface area contributed by atoms with Crippen LogP contribution in [0.3, 0.4) is 0 Å². The molecule has 0 atom stereocenters. The molecule has 2 aromatic carbocycles. The average Bonchev–Trinajstić information content (AvgIpc) is 2.55. The lowest BCUT2D eigenvalue weighted by Crippen LogP contribution is -2.47. The summed E-state index contributed by atoms with van der Waals surface area (Å²) in [5, 5.41) is 0.596. The lowest BCUT2D eigenvalue weighted by atomic mass is 10.0. The standard InChI is InChI=1S/C18H19ClN2O/c1-20-7-9-21(10-8-20)18(22)16-11-15(12-17(19)13-16)14-5-3-2-4-6-14/h2-6,11-13H,7-10H2,1H3. The molecule has 0 saturated carbocycles. The zero-order chi connectivity index (χ0) is 15.5. The lowest BCUT2D eigenvalue weighted by Gasteiger charge is -2.32. The summed E-state index contributed by atoms with van der Waals surface area (Å²) in [6.45, 7) is 3.36. The van der Waals surface area contributed by atoms with Crippen LogP contribution in [0, 0.1) is 0 Å². The molecule has 3 rings (SSSR count). The van der Waals surface area contributed by atoms with E-state index in [4.69, 9.17) is 11.6 Å². The van der Waals surface area contributed by atoms with Gasteiger partial charge in [0.2, 0.25) is 0 Å². The molecule has 0 spiro atoms. The molecule has 1 saturated heterocycles. The second-order valence-electron chi connectivity index (χ2n) is 5.69. The normalized spacial score (nSPS) is 15.8. The van der Waals surface area contributed by atoms with E-state index in [1.54, 1.807) is 6.07 Å². The van der Waals surface area contributed by atoms with E-state index in [9.17, 15) is 4.79 Å². The van der Waals surface area contributed by atoms with Crippen molar-refractivity contribution in [3.05, 3.63) is 59.1 Å². The number of carbonyl (C=O) groups is 1. The van der Waals surface area contributed by atoms with Crippen molar-refractivity contribution in [2.45, 2.75) is 0 Å². The Morgan fingerprint density at radius 2 is 1.64 bits per heavy atom. The van der Waals surface area contributed by atoms with Crippen LogP contribution in [0.1, 0.15) is 10.4 Å². The summed E-state index contributed by atoms with van der Waals surface area (Å²) in [6, 6.07) is 15.6. The monoisotopic (exact) mass is 314 g/mol. The Balaban J connectivity index is 1.88. The highest BCUT2D eigenvalue weighted by atomic mass is 35.5. The fourth-order valence-electron chi connectivity index (χ4n) is 2.70. The number of piperazine rings is 1. The van der Waals surface area contributed by atoms with E-state index < -0.39 is 0 Å². The van der Waals surface area contributed by atoms with Gasteiger partial charge in [-0.3, -0.25) is 4.79 Å². The SMILES string of the molecule is CN1CCN(C(=O)c2cc(Cl)cc(-c3ccccc3)c2)CC1. The molecule has 0 N–H and O–H groups in total. The Bertz CT molecular complexity index is 664. The van der Waals surface area contributed by atoms with Crippen molar-refractivity contribution < 1.29 is 4.79 Å². The zero-order valence-corrected chi connectivity index (χ0v) is 13.4. The topological polar surface area (TPSA) is 23.6 Å². The van der Waals surface area contributed by atoms with E-state index in [-0.39, 0.29) is 5.91 Å². The molecule has 1 heterocycles. The Morgan fingerprint density at radius 3 is 2.32 bits per heavy atom. The molecule has 0 aliphatic carbocycles. The molecular formula is C18H19ClN2O. The van der Waals surface area contributed by atoms with Crippen molar-refractivity contribution >= 4 is 17.5 Å². The summed E-state index contributed by atoms with van der Waals surface area (Å²) in [4.78, 5) is 16.8. The number of hydrogen-bond donors (Lipinski definition) is 0. The fraction of sp³-hybridized carbons (Fsp3) is 0.278. The molecule has 1 fully saturated rings. The number of carbonyl (C=O) groups excluding carboxylic acids is 1. The first-order chi connectivity index (χ1) is 10.6. The third-order valence-electron chi connectivity index (χ3n) is 4.04. The van der Waals surface area contributed by atoms with Gasteiger partial charge in [-0.05, 0) is 36.4 Å². The summed E-state index contributed by atoms with van der Waals surface area (Å²) in [7, 11) is 2.08. The second-order valence-corrected chi connectivity index (χ2v) is 6.13. The van der Waals surface area contributed by atoms with E-state index >= 15 is 0 Å². The van der Waals surface area contributed by atoms with E-state index in [2.05, 4.69) is 11.9 Å². The molecule has 0 radical (unpaired) electrons. The first kappa shape index (κ1) is 15.1. The van der Waals surface area contributed by atoms with Gasteiger partial charge in [0, 0.05) is 36.8 Å². The van der Waals surface area contributed by atoms with Gasteiger partial charge in [0.05, 0.1) is 0 Å². The van der Waals surface area contributed by atoms with Crippen LogP contribution in [0.5, 0.6) is 0 Å². The summed E-state index contributed by atoms with van der Waals surface area (Å²) >= 11 is 6.23. The Hall–Kier alpha value is -1.84. The molecule has 1 aliphatic rings. The summed E-state index contributed by atoms with van der Waals surface area (Å²) in [5.41, 5.74) is 2.71. The first-order valence-corrected chi connectivity index (χ1v) is 7.85. The number of halogens is 1.